The highest BCUT2D eigenvalue weighted by Crippen LogP contribution is 2.30. The van der Waals surface area contributed by atoms with Gasteiger partial charge in [0.2, 0.25) is 0 Å². The second kappa shape index (κ2) is 4.59. The Labute approximate surface area is 110 Å². The highest BCUT2D eigenvalue weighted by molar-refractivity contribution is 7.93. The first-order chi connectivity index (χ1) is 8.41. The van der Waals surface area contributed by atoms with E-state index in [4.69, 9.17) is 11.6 Å². The molecule has 0 spiro atoms. The second-order valence-electron chi connectivity index (χ2n) is 3.04. The van der Waals surface area contributed by atoms with Gasteiger partial charge >= 0.3 is 5.00 Å². The molecule has 0 radical (unpaired) electrons. The lowest BCUT2D eigenvalue weighted by atomic mass is 10.6. The average Bonchev–Trinajstić information content (AvgIpc) is 2.79. The van der Waals surface area contributed by atoms with Gasteiger partial charge in [-0.05, 0) is 6.07 Å². The SMILES string of the molecule is O=[N+]([O-])c1ccc(S(=O)(=O)c2ncc(Cl)cn2)s1. The number of sulfone groups is 1. The van der Waals surface area contributed by atoms with Crippen LogP contribution in [0.4, 0.5) is 5.00 Å². The molecule has 0 aromatic carbocycles. The molecule has 0 amide bonds. The minimum absolute atomic E-state index is 0.184. The maximum absolute atomic E-state index is 12.0. The van der Waals surface area contributed by atoms with Gasteiger partial charge in [-0.1, -0.05) is 22.9 Å². The Bertz CT molecular complexity index is 695. The van der Waals surface area contributed by atoms with Crippen molar-refractivity contribution in [3.8, 4) is 0 Å². The Morgan fingerprint density at radius 1 is 1.28 bits per heavy atom. The summed E-state index contributed by atoms with van der Waals surface area (Å²) < 4.78 is 23.8. The van der Waals surface area contributed by atoms with E-state index in [9.17, 15) is 18.5 Å². The van der Waals surface area contributed by atoms with Gasteiger partial charge < -0.3 is 0 Å². The molecular formula is C8H4ClN3O4S2. The maximum atomic E-state index is 12.0. The smallest absolute Gasteiger partial charge is 0.258 e. The van der Waals surface area contributed by atoms with Crippen molar-refractivity contribution in [2.75, 3.05) is 0 Å². The van der Waals surface area contributed by atoms with Crippen molar-refractivity contribution in [3.63, 3.8) is 0 Å². The second-order valence-corrected chi connectivity index (χ2v) is 6.61. The largest absolute Gasteiger partial charge is 0.325 e. The highest BCUT2D eigenvalue weighted by Gasteiger charge is 2.25. The van der Waals surface area contributed by atoms with Crippen LogP contribution in [0.1, 0.15) is 0 Å². The number of nitrogens with zero attached hydrogens (tertiary/aromatic N) is 3. The molecule has 0 bridgehead atoms. The molecule has 0 atom stereocenters. The lowest BCUT2D eigenvalue weighted by Gasteiger charge is -1.98. The van der Waals surface area contributed by atoms with E-state index in [0.717, 1.165) is 24.5 Å². The van der Waals surface area contributed by atoms with Gasteiger partial charge in [-0.15, -0.1) is 0 Å². The average molecular weight is 306 g/mol. The van der Waals surface area contributed by atoms with Crippen molar-refractivity contribution in [1.82, 2.24) is 9.97 Å². The first-order valence-corrected chi connectivity index (χ1v) is 7.06. The van der Waals surface area contributed by atoms with E-state index >= 15 is 0 Å². The van der Waals surface area contributed by atoms with Crippen LogP contribution in [0, 0.1) is 10.1 Å². The van der Waals surface area contributed by atoms with Crippen molar-refractivity contribution in [1.29, 1.82) is 0 Å². The minimum atomic E-state index is -3.94. The normalized spacial score (nSPS) is 11.4. The summed E-state index contributed by atoms with van der Waals surface area (Å²) in [6.45, 7) is 0. The molecule has 2 aromatic heterocycles. The minimum Gasteiger partial charge on any atom is -0.258 e. The lowest BCUT2D eigenvalue weighted by molar-refractivity contribution is -0.380. The number of rotatable bonds is 3. The maximum Gasteiger partial charge on any atom is 0.325 e. The fourth-order valence-corrected chi connectivity index (χ4v) is 3.46. The van der Waals surface area contributed by atoms with E-state index in [0.29, 0.717) is 11.3 Å². The summed E-state index contributed by atoms with van der Waals surface area (Å²) >= 11 is 6.09. The van der Waals surface area contributed by atoms with E-state index in [2.05, 4.69) is 9.97 Å². The standard InChI is InChI=1S/C8H4ClN3O4S2/c9-5-3-10-8(11-4-5)18(15,16)7-2-1-6(17-7)12(13)14/h1-4H. The Morgan fingerprint density at radius 2 is 1.89 bits per heavy atom. The van der Waals surface area contributed by atoms with E-state index in [1.54, 1.807) is 0 Å². The van der Waals surface area contributed by atoms with Crippen molar-refractivity contribution in [3.05, 3.63) is 39.7 Å². The number of aromatic nitrogens is 2. The van der Waals surface area contributed by atoms with E-state index in [1.807, 2.05) is 0 Å². The van der Waals surface area contributed by atoms with Crippen LogP contribution in [0.5, 0.6) is 0 Å². The molecule has 10 heteroatoms. The first-order valence-electron chi connectivity index (χ1n) is 4.38. The van der Waals surface area contributed by atoms with Crippen LogP contribution in [0.3, 0.4) is 0 Å². The van der Waals surface area contributed by atoms with Crippen LogP contribution in [0.15, 0.2) is 33.9 Å². The number of nitro groups is 1. The van der Waals surface area contributed by atoms with Crippen LogP contribution in [0.25, 0.3) is 0 Å². The molecular weight excluding hydrogens is 302 g/mol. The van der Waals surface area contributed by atoms with Crippen molar-refractivity contribution < 1.29 is 13.3 Å². The molecule has 0 fully saturated rings. The molecule has 94 valence electrons. The van der Waals surface area contributed by atoms with Crippen molar-refractivity contribution in [2.45, 2.75) is 9.37 Å². The van der Waals surface area contributed by atoms with Crippen LogP contribution < -0.4 is 0 Å². The number of hydrogen-bond donors (Lipinski definition) is 0. The van der Waals surface area contributed by atoms with E-state index in [-0.39, 0.29) is 14.2 Å². The fourth-order valence-electron chi connectivity index (χ4n) is 1.08. The van der Waals surface area contributed by atoms with Gasteiger partial charge in [-0.25, -0.2) is 18.4 Å². The summed E-state index contributed by atoms with van der Waals surface area (Å²) in [4.78, 5) is 17.0. The number of halogens is 1. The summed E-state index contributed by atoms with van der Waals surface area (Å²) in [5, 5.41) is 9.99. The lowest BCUT2D eigenvalue weighted by Crippen LogP contribution is -2.04. The number of hydrogen-bond acceptors (Lipinski definition) is 7. The van der Waals surface area contributed by atoms with Gasteiger partial charge in [-0.3, -0.25) is 10.1 Å². The molecule has 0 saturated heterocycles. The van der Waals surface area contributed by atoms with Gasteiger partial charge in [0.05, 0.1) is 22.3 Å². The zero-order valence-corrected chi connectivity index (χ0v) is 10.9. The van der Waals surface area contributed by atoms with E-state index in [1.165, 1.54) is 0 Å². The predicted octanol–water partition coefficient (Wildman–Crippen LogP) is 1.93. The van der Waals surface area contributed by atoms with Crippen LogP contribution in [-0.4, -0.2) is 23.3 Å². The fraction of sp³-hybridized carbons (Fsp3) is 0. The Morgan fingerprint density at radius 3 is 2.39 bits per heavy atom. The molecule has 7 nitrogen and oxygen atoms in total. The Kier molecular flexibility index (Phi) is 3.28. The highest BCUT2D eigenvalue weighted by atomic mass is 35.5. The van der Waals surface area contributed by atoms with Crippen molar-refractivity contribution >= 4 is 37.8 Å². The summed E-state index contributed by atoms with van der Waals surface area (Å²) in [5.41, 5.74) is 0. The molecule has 0 saturated carbocycles. The van der Waals surface area contributed by atoms with Gasteiger partial charge in [0.1, 0.15) is 4.21 Å². The Hall–Kier alpha value is -1.58. The van der Waals surface area contributed by atoms with Gasteiger partial charge in [-0.2, -0.15) is 0 Å². The van der Waals surface area contributed by atoms with Gasteiger partial charge in [0.15, 0.2) is 0 Å². The molecule has 0 unspecified atom stereocenters. The van der Waals surface area contributed by atoms with Gasteiger partial charge in [0.25, 0.3) is 15.0 Å². The quantitative estimate of drug-likeness (QED) is 0.487. The molecule has 2 heterocycles. The summed E-state index contributed by atoms with van der Waals surface area (Å²) in [6, 6.07) is 2.27. The third-order valence-corrected chi connectivity index (χ3v) is 5.14. The third-order valence-electron chi connectivity index (χ3n) is 1.85. The monoisotopic (exact) mass is 305 g/mol. The first kappa shape index (κ1) is 12.9. The van der Waals surface area contributed by atoms with Crippen LogP contribution >= 0.6 is 22.9 Å². The van der Waals surface area contributed by atoms with Crippen LogP contribution in [0.2, 0.25) is 5.02 Å². The summed E-state index contributed by atoms with van der Waals surface area (Å²) in [7, 11) is -3.94. The molecule has 0 N–H and O–H groups in total. The van der Waals surface area contributed by atoms with Crippen molar-refractivity contribution in [2.24, 2.45) is 0 Å². The molecule has 2 rings (SSSR count). The molecule has 2 aromatic rings. The number of thiophene rings is 1. The molecule has 0 aliphatic carbocycles. The molecule has 0 aliphatic heterocycles. The zero-order chi connectivity index (χ0) is 13.3. The van der Waals surface area contributed by atoms with Gasteiger partial charge in [0, 0.05) is 6.07 Å². The molecule has 0 aliphatic rings. The molecule has 18 heavy (non-hydrogen) atoms. The third kappa shape index (κ3) is 2.33. The Balaban J connectivity index is 2.47. The topological polar surface area (TPSA) is 103 Å². The van der Waals surface area contributed by atoms with E-state index < -0.39 is 19.9 Å². The summed E-state index contributed by atoms with van der Waals surface area (Å²) in [5.74, 6) is 0. The van der Waals surface area contributed by atoms with Crippen LogP contribution in [-0.2, 0) is 9.84 Å². The summed E-state index contributed by atoms with van der Waals surface area (Å²) in [6.07, 6.45) is 2.28. The zero-order valence-electron chi connectivity index (χ0n) is 8.48. The predicted molar refractivity (Wildman–Crippen MR) is 63.5 cm³/mol.